The fourth-order valence-corrected chi connectivity index (χ4v) is 4.61. The van der Waals surface area contributed by atoms with Gasteiger partial charge in [-0.1, -0.05) is 30.3 Å². The van der Waals surface area contributed by atoms with Gasteiger partial charge in [-0.3, -0.25) is 14.6 Å². The first-order valence-electron chi connectivity index (χ1n) is 12.2. The highest BCUT2D eigenvalue weighted by Crippen LogP contribution is 2.38. The van der Waals surface area contributed by atoms with E-state index in [0.717, 1.165) is 52.4 Å². The smallest absolute Gasteiger partial charge is 0.255 e. The number of aryl methyl sites for hydroxylation is 2. The van der Waals surface area contributed by atoms with Gasteiger partial charge in [-0.05, 0) is 62.1 Å². The van der Waals surface area contributed by atoms with E-state index in [2.05, 4.69) is 20.6 Å². The predicted octanol–water partition coefficient (Wildman–Crippen LogP) is 5.41. The second kappa shape index (κ2) is 10.5. The number of para-hydroxylation sites is 2. The number of anilines is 2. The van der Waals surface area contributed by atoms with Crippen molar-refractivity contribution >= 4 is 23.1 Å². The Balaban J connectivity index is 1.32. The number of ketones is 1. The summed E-state index contributed by atoms with van der Waals surface area (Å²) < 4.78 is 0. The van der Waals surface area contributed by atoms with E-state index in [-0.39, 0.29) is 23.0 Å². The van der Waals surface area contributed by atoms with Gasteiger partial charge < -0.3 is 20.7 Å². The van der Waals surface area contributed by atoms with E-state index in [1.807, 2.05) is 42.5 Å². The summed E-state index contributed by atoms with van der Waals surface area (Å²) in [6.07, 6.45) is 5.41. The highest BCUT2D eigenvalue weighted by atomic mass is 16.3. The quantitative estimate of drug-likeness (QED) is 0.252. The van der Waals surface area contributed by atoms with Gasteiger partial charge in [-0.2, -0.15) is 0 Å². The number of amides is 1. The molecule has 0 saturated heterocycles. The topological polar surface area (TPSA) is 107 Å². The van der Waals surface area contributed by atoms with Gasteiger partial charge in [0.25, 0.3) is 5.91 Å². The van der Waals surface area contributed by atoms with Crippen LogP contribution in [0, 0.1) is 0 Å². The number of aromatic nitrogens is 2. The summed E-state index contributed by atoms with van der Waals surface area (Å²) in [6.45, 7) is 0.463. The van der Waals surface area contributed by atoms with Gasteiger partial charge >= 0.3 is 0 Å². The molecule has 0 spiro atoms. The van der Waals surface area contributed by atoms with Crippen molar-refractivity contribution in [2.45, 2.75) is 32.1 Å². The van der Waals surface area contributed by atoms with Gasteiger partial charge in [0, 0.05) is 41.8 Å². The highest BCUT2D eigenvalue weighted by Gasteiger charge is 2.27. The minimum atomic E-state index is -0.298. The summed E-state index contributed by atoms with van der Waals surface area (Å²) in [7, 11) is 0. The number of phenolic OH excluding ortho intramolecular Hbond substituents is 1. The van der Waals surface area contributed by atoms with E-state index in [1.54, 1.807) is 24.4 Å². The van der Waals surface area contributed by atoms with E-state index < -0.39 is 0 Å². The average Bonchev–Trinajstić information content (AvgIpc) is 3.27. The number of H-pyrrole nitrogens is 1. The van der Waals surface area contributed by atoms with Gasteiger partial charge in [0.05, 0.1) is 22.5 Å². The van der Waals surface area contributed by atoms with Crippen LogP contribution in [0.15, 0.2) is 72.9 Å². The van der Waals surface area contributed by atoms with Crippen LogP contribution in [0.2, 0.25) is 0 Å². The molecule has 0 atom stereocenters. The van der Waals surface area contributed by atoms with Crippen molar-refractivity contribution in [1.29, 1.82) is 0 Å². The number of pyridine rings is 1. The Hall–Kier alpha value is -4.39. The van der Waals surface area contributed by atoms with Crippen LogP contribution in [0.4, 0.5) is 11.4 Å². The molecular weight excluding hydrogens is 452 g/mol. The molecule has 1 aliphatic carbocycles. The largest absolute Gasteiger partial charge is 0.507 e. The number of Topliss-reactive ketones (excluding diaryl/α,β-unsaturated/α-hetero) is 1. The third-order valence-corrected chi connectivity index (χ3v) is 6.38. The second-order valence-electron chi connectivity index (χ2n) is 8.91. The number of fused-ring (bicyclic) bond motifs is 1. The van der Waals surface area contributed by atoms with Crippen LogP contribution in [0.5, 0.6) is 5.75 Å². The molecule has 0 radical (unpaired) electrons. The molecule has 2 heterocycles. The number of aromatic hydroxyl groups is 1. The number of nitrogens with one attached hydrogen (secondary N) is 3. The van der Waals surface area contributed by atoms with Gasteiger partial charge in [0.1, 0.15) is 5.75 Å². The maximum Gasteiger partial charge on any atom is 0.255 e. The minimum absolute atomic E-state index is 0.0311. The molecule has 2 aromatic carbocycles. The standard InChI is InChI=1S/C29H28N4O3/c34-24-13-5-4-11-22(24)29(36)31-16-7-10-21-18-19(15-17-30-21)27-28(32-20-8-2-1-3-9-20)26-23(33-27)12-6-14-25(26)35/h1-5,8-9,11,13,15,17-18,32-34H,6-7,10,12,14,16H2,(H,31,36). The Kier molecular flexibility index (Phi) is 6.80. The second-order valence-corrected chi connectivity index (χ2v) is 8.91. The summed E-state index contributed by atoms with van der Waals surface area (Å²) in [5, 5.41) is 16.2. The van der Waals surface area contributed by atoms with Crippen LogP contribution in [-0.4, -0.2) is 33.3 Å². The number of rotatable bonds is 8. The number of hydrogen-bond donors (Lipinski definition) is 4. The van der Waals surface area contributed by atoms with Gasteiger partial charge in [0.2, 0.25) is 0 Å². The molecule has 4 aromatic rings. The third kappa shape index (κ3) is 5.00. The maximum atomic E-state index is 12.8. The number of nitrogens with zero attached hydrogens (tertiary/aromatic N) is 1. The van der Waals surface area contributed by atoms with Crippen molar-refractivity contribution in [3.63, 3.8) is 0 Å². The number of carbonyl (C=O) groups excluding carboxylic acids is 2. The Morgan fingerprint density at radius 1 is 1.03 bits per heavy atom. The van der Waals surface area contributed by atoms with E-state index in [9.17, 15) is 14.7 Å². The van der Waals surface area contributed by atoms with Crippen LogP contribution in [0.3, 0.4) is 0 Å². The Labute approximate surface area is 209 Å². The van der Waals surface area contributed by atoms with Crippen LogP contribution in [0.1, 0.15) is 51.4 Å². The van der Waals surface area contributed by atoms with Crippen molar-refractivity contribution in [1.82, 2.24) is 15.3 Å². The van der Waals surface area contributed by atoms with E-state index in [0.29, 0.717) is 25.8 Å². The molecule has 0 fully saturated rings. The molecule has 0 unspecified atom stereocenters. The monoisotopic (exact) mass is 480 g/mol. The van der Waals surface area contributed by atoms with Gasteiger partial charge in [0.15, 0.2) is 5.78 Å². The molecule has 1 amide bonds. The van der Waals surface area contributed by atoms with Gasteiger partial charge in [-0.15, -0.1) is 0 Å². The van der Waals surface area contributed by atoms with Crippen LogP contribution in [-0.2, 0) is 12.8 Å². The number of phenols is 1. The zero-order valence-corrected chi connectivity index (χ0v) is 19.9. The summed E-state index contributed by atoms with van der Waals surface area (Å²) in [6, 6.07) is 20.3. The summed E-state index contributed by atoms with van der Waals surface area (Å²) in [5.74, 6) is -0.170. The lowest BCUT2D eigenvalue weighted by Gasteiger charge is -2.14. The first kappa shape index (κ1) is 23.4. The number of carbonyl (C=O) groups is 2. The molecule has 1 aliphatic rings. The molecule has 7 nitrogen and oxygen atoms in total. The number of aromatic amines is 1. The van der Waals surface area contributed by atoms with E-state index >= 15 is 0 Å². The average molecular weight is 481 g/mol. The molecular formula is C29H28N4O3. The maximum absolute atomic E-state index is 12.8. The van der Waals surface area contributed by atoms with E-state index in [1.165, 1.54) is 6.07 Å². The molecule has 182 valence electrons. The molecule has 5 rings (SSSR count). The molecule has 0 aliphatic heterocycles. The Morgan fingerprint density at radius 2 is 1.83 bits per heavy atom. The first-order chi connectivity index (χ1) is 17.6. The fourth-order valence-electron chi connectivity index (χ4n) is 4.61. The lowest BCUT2D eigenvalue weighted by Crippen LogP contribution is -2.24. The van der Waals surface area contributed by atoms with Crippen molar-refractivity contribution in [3.8, 4) is 17.0 Å². The summed E-state index contributed by atoms with van der Waals surface area (Å²) >= 11 is 0. The van der Waals surface area contributed by atoms with Crippen molar-refractivity contribution in [2.24, 2.45) is 0 Å². The highest BCUT2D eigenvalue weighted by molar-refractivity contribution is 6.07. The molecule has 4 N–H and O–H groups in total. The van der Waals surface area contributed by atoms with Crippen molar-refractivity contribution in [3.05, 3.63) is 95.4 Å². The van der Waals surface area contributed by atoms with Crippen LogP contribution >= 0.6 is 0 Å². The lowest BCUT2D eigenvalue weighted by atomic mass is 9.95. The lowest BCUT2D eigenvalue weighted by molar-refractivity contribution is 0.0947. The van der Waals surface area contributed by atoms with Crippen molar-refractivity contribution < 1.29 is 14.7 Å². The van der Waals surface area contributed by atoms with Crippen molar-refractivity contribution in [2.75, 3.05) is 11.9 Å². The first-order valence-corrected chi connectivity index (χ1v) is 12.2. The number of hydrogen-bond acceptors (Lipinski definition) is 5. The van der Waals surface area contributed by atoms with Crippen LogP contribution < -0.4 is 10.6 Å². The van der Waals surface area contributed by atoms with Gasteiger partial charge in [-0.25, -0.2) is 0 Å². The summed E-state index contributed by atoms with van der Waals surface area (Å²) in [5.41, 5.74) is 6.47. The van der Waals surface area contributed by atoms with Crippen LogP contribution in [0.25, 0.3) is 11.3 Å². The minimum Gasteiger partial charge on any atom is -0.507 e. The SMILES string of the molecule is O=C(NCCCc1cc(-c2[nH]c3c(c2Nc2ccccc2)C(=O)CCC3)ccn1)c1ccccc1O. The Bertz CT molecular complexity index is 1390. The summed E-state index contributed by atoms with van der Waals surface area (Å²) in [4.78, 5) is 33.2. The normalized spacial score (nSPS) is 12.7. The molecule has 0 saturated carbocycles. The zero-order chi connectivity index (χ0) is 24.9. The molecule has 7 heteroatoms. The zero-order valence-electron chi connectivity index (χ0n) is 19.9. The predicted molar refractivity (Wildman–Crippen MR) is 140 cm³/mol. The molecule has 0 bridgehead atoms. The third-order valence-electron chi connectivity index (χ3n) is 6.38. The fraction of sp³-hybridized carbons (Fsp3) is 0.207. The number of benzene rings is 2. The molecule has 2 aromatic heterocycles. The molecule has 36 heavy (non-hydrogen) atoms. The Morgan fingerprint density at radius 3 is 2.67 bits per heavy atom. The van der Waals surface area contributed by atoms with E-state index in [4.69, 9.17) is 0 Å².